The molecule has 6 aromatic rings. The van der Waals surface area contributed by atoms with Gasteiger partial charge in [-0.05, 0) is 67.6 Å². The molecule has 0 aliphatic carbocycles. The number of carbonyl (C=O) groups is 3. The lowest BCUT2D eigenvalue weighted by Crippen LogP contribution is -2.46. The molecule has 320 valence electrons. The van der Waals surface area contributed by atoms with Gasteiger partial charge in [-0.1, -0.05) is 92.7 Å². The van der Waals surface area contributed by atoms with E-state index in [-0.39, 0.29) is 36.9 Å². The summed E-state index contributed by atoms with van der Waals surface area (Å²) in [6.07, 6.45) is 2.65. The van der Waals surface area contributed by atoms with Crippen LogP contribution in [0.15, 0.2) is 127 Å². The van der Waals surface area contributed by atoms with Crippen LogP contribution < -0.4 is 30.7 Å². The van der Waals surface area contributed by atoms with E-state index in [1.54, 1.807) is 36.5 Å². The number of fused-ring (bicyclic) bond motifs is 2. The predicted molar refractivity (Wildman–Crippen MR) is 246 cm³/mol. The molecular weight excluding hydrogens is 793 g/mol. The summed E-state index contributed by atoms with van der Waals surface area (Å²) in [4.78, 5) is 65.4. The number of hydrogen-bond donors (Lipinski definition) is 4. The van der Waals surface area contributed by atoms with Crippen LogP contribution in [0.5, 0.6) is 0 Å². The van der Waals surface area contributed by atoms with Gasteiger partial charge in [0, 0.05) is 53.4 Å². The Hall–Kier alpha value is -7.45. The molecule has 0 saturated heterocycles. The Morgan fingerprint density at radius 1 is 0.857 bits per heavy atom. The van der Waals surface area contributed by atoms with Gasteiger partial charge in [0.15, 0.2) is 6.23 Å². The maximum atomic E-state index is 14.6. The number of aryl methyl sites for hydroxylation is 2. The number of aliphatic hydroxyl groups excluding tert-OH is 1. The number of nitrogens with one attached hydrogen (secondary N) is 3. The maximum absolute atomic E-state index is 14.6. The molecule has 2 aliphatic rings. The van der Waals surface area contributed by atoms with Crippen LogP contribution in [0.4, 0.5) is 39.3 Å². The highest BCUT2D eigenvalue weighted by Gasteiger charge is 2.35. The minimum atomic E-state index is -1.25. The molecule has 14 heteroatoms. The molecule has 4 aromatic carbocycles. The first-order valence-corrected chi connectivity index (χ1v) is 21.0. The molecular formula is C49H50N10O4. The fourth-order valence-electron chi connectivity index (χ4n) is 7.77. The predicted octanol–water partition coefficient (Wildman–Crippen LogP) is 7.83. The number of aliphatic imine (C=N–C) groups is 1. The summed E-state index contributed by atoms with van der Waals surface area (Å²) in [6, 6.07) is 33.0. The lowest BCUT2D eigenvalue weighted by molar-refractivity contribution is -0.124. The molecule has 0 radical (unpaired) electrons. The molecule has 0 bridgehead atoms. The Morgan fingerprint density at radius 3 is 2.33 bits per heavy atom. The number of benzodiazepines with no additional fused rings is 1. The summed E-state index contributed by atoms with van der Waals surface area (Å²) in [5.74, 6) is 0.366. The van der Waals surface area contributed by atoms with E-state index in [0.717, 1.165) is 33.6 Å². The van der Waals surface area contributed by atoms with Gasteiger partial charge in [0.1, 0.15) is 18.4 Å². The van der Waals surface area contributed by atoms with Gasteiger partial charge < -0.3 is 26.0 Å². The Balaban J connectivity index is 1.07. The average Bonchev–Trinajstić information content (AvgIpc) is 3.39. The smallest absolute Gasteiger partial charge is 0.330 e. The van der Waals surface area contributed by atoms with Crippen molar-refractivity contribution in [3.05, 3.63) is 161 Å². The van der Waals surface area contributed by atoms with Gasteiger partial charge >= 0.3 is 6.03 Å². The number of rotatable bonds is 13. The molecule has 4 amide bonds. The van der Waals surface area contributed by atoms with Gasteiger partial charge in [-0.25, -0.2) is 9.78 Å². The van der Waals surface area contributed by atoms with Gasteiger partial charge in [0.05, 0.1) is 35.5 Å². The molecule has 2 aliphatic heterocycles. The molecule has 1 unspecified atom stereocenters. The SMILES string of the molecule is Cc1ccc(Nc2ncc3c(n2)N(C)C(=O)N(c2cc(NC(O)c4ccc5c(c4)N(CC(=O)NCc4ccccc4)C(=O)[C@H](CC(C)C)N=C5c4ccccc4)ccc2C)C3)cn1. The highest BCUT2D eigenvalue weighted by Crippen LogP contribution is 2.36. The third kappa shape index (κ3) is 9.41. The Labute approximate surface area is 366 Å². The van der Waals surface area contributed by atoms with E-state index in [1.807, 2.05) is 125 Å². The quantitative estimate of drug-likeness (QED) is 0.0848. The second kappa shape index (κ2) is 18.3. The zero-order valence-corrected chi connectivity index (χ0v) is 35.9. The highest BCUT2D eigenvalue weighted by atomic mass is 16.3. The fourth-order valence-corrected chi connectivity index (χ4v) is 7.77. The van der Waals surface area contributed by atoms with Gasteiger partial charge in [-0.15, -0.1) is 0 Å². The van der Waals surface area contributed by atoms with E-state index in [2.05, 4.69) is 30.9 Å². The number of urea groups is 1. The Bertz CT molecular complexity index is 2670. The van der Waals surface area contributed by atoms with E-state index in [1.165, 1.54) is 9.80 Å². The molecule has 0 spiro atoms. The molecule has 14 nitrogen and oxygen atoms in total. The van der Waals surface area contributed by atoms with Gasteiger partial charge in [-0.3, -0.25) is 29.4 Å². The van der Waals surface area contributed by atoms with Gasteiger partial charge in [0.25, 0.3) is 5.91 Å². The Morgan fingerprint density at radius 2 is 1.60 bits per heavy atom. The number of benzene rings is 4. The largest absolute Gasteiger partial charge is 0.369 e. The van der Waals surface area contributed by atoms with E-state index < -0.39 is 12.3 Å². The third-order valence-corrected chi connectivity index (χ3v) is 11.1. The second-order valence-corrected chi connectivity index (χ2v) is 16.3. The minimum Gasteiger partial charge on any atom is -0.369 e. The van der Waals surface area contributed by atoms with Crippen molar-refractivity contribution >= 4 is 58.1 Å². The number of pyridine rings is 1. The van der Waals surface area contributed by atoms with E-state index in [0.29, 0.717) is 58.6 Å². The van der Waals surface area contributed by atoms with Crippen LogP contribution in [-0.2, 0) is 22.7 Å². The third-order valence-electron chi connectivity index (χ3n) is 11.1. The van der Waals surface area contributed by atoms with Gasteiger partial charge in [-0.2, -0.15) is 4.98 Å². The number of hydrogen-bond acceptors (Lipinski definition) is 10. The van der Waals surface area contributed by atoms with Crippen molar-refractivity contribution in [1.29, 1.82) is 0 Å². The maximum Gasteiger partial charge on any atom is 0.330 e. The number of aliphatic hydroxyl groups is 1. The van der Waals surface area contributed by atoms with Crippen LogP contribution in [-0.4, -0.2) is 63.2 Å². The van der Waals surface area contributed by atoms with Crippen LogP contribution in [0.2, 0.25) is 0 Å². The van der Waals surface area contributed by atoms with Crippen LogP contribution in [0.1, 0.15) is 65.6 Å². The number of aromatic nitrogens is 3. The van der Waals surface area contributed by atoms with Crippen molar-refractivity contribution in [1.82, 2.24) is 20.3 Å². The van der Waals surface area contributed by atoms with Crippen LogP contribution in [0.25, 0.3) is 0 Å². The topological polar surface area (TPSA) is 168 Å². The average molecular weight is 843 g/mol. The highest BCUT2D eigenvalue weighted by molar-refractivity contribution is 6.20. The molecule has 0 saturated carbocycles. The zero-order valence-electron chi connectivity index (χ0n) is 35.9. The fraction of sp³-hybridized carbons (Fsp3) is 0.245. The zero-order chi connectivity index (χ0) is 44.2. The molecule has 8 rings (SSSR count). The summed E-state index contributed by atoms with van der Waals surface area (Å²) in [6.45, 7) is 8.21. The normalized spacial score (nSPS) is 15.3. The van der Waals surface area contributed by atoms with Gasteiger partial charge in [0.2, 0.25) is 11.9 Å². The lowest BCUT2D eigenvalue weighted by atomic mass is 9.98. The van der Waals surface area contributed by atoms with E-state index in [9.17, 15) is 19.5 Å². The van der Waals surface area contributed by atoms with Crippen molar-refractivity contribution in [2.45, 2.75) is 59.5 Å². The molecule has 2 atom stereocenters. The van der Waals surface area contributed by atoms with Crippen molar-refractivity contribution in [2.75, 3.05) is 38.9 Å². The first-order valence-electron chi connectivity index (χ1n) is 21.0. The van der Waals surface area contributed by atoms with Crippen LogP contribution in [0.3, 0.4) is 0 Å². The van der Waals surface area contributed by atoms with Crippen LogP contribution in [0, 0.1) is 19.8 Å². The monoisotopic (exact) mass is 842 g/mol. The minimum absolute atomic E-state index is 0.150. The summed E-state index contributed by atoms with van der Waals surface area (Å²) in [5, 5.41) is 21.2. The van der Waals surface area contributed by atoms with Crippen molar-refractivity contribution in [3.63, 3.8) is 0 Å². The van der Waals surface area contributed by atoms with E-state index in [4.69, 9.17) is 4.99 Å². The lowest BCUT2D eigenvalue weighted by Gasteiger charge is -2.35. The number of amides is 4. The first-order chi connectivity index (χ1) is 30.4. The molecule has 0 fully saturated rings. The van der Waals surface area contributed by atoms with E-state index >= 15 is 0 Å². The second-order valence-electron chi connectivity index (χ2n) is 16.3. The number of nitrogens with zero attached hydrogens (tertiary/aromatic N) is 7. The summed E-state index contributed by atoms with van der Waals surface area (Å²) < 4.78 is 0. The van der Waals surface area contributed by atoms with Crippen molar-refractivity contribution < 1.29 is 19.5 Å². The summed E-state index contributed by atoms with van der Waals surface area (Å²) >= 11 is 0. The summed E-state index contributed by atoms with van der Waals surface area (Å²) in [5.41, 5.74) is 8.40. The first kappa shape index (κ1) is 42.2. The molecule has 63 heavy (non-hydrogen) atoms. The standard InChI is InChI=1S/C49H50N10O4/c1-30(2)22-40-47(62)58(29-43(60)51-25-33-12-8-6-9-13-33)42-23-35(18-21-39(42)44(55-40)34-14-10-7-11-15-34)46(61)53-37-19-16-31(3)41(24-37)59-28-36-26-52-48(56-45(36)57(5)49(59)63)54-38-20-17-32(4)50-27-38/h6-21,23-24,26-27,30,40,46,53,61H,22,25,28-29H2,1-5H3,(H,51,60)(H,52,54,56)/t40-,46?/m0/s1. The van der Waals surface area contributed by atoms with Crippen LogP contribution >= 0.6 is 0 Å². The molecule has 2 aromatic heterocycles. The van der Waals surface area contributed by atoms with Crippen molar-refractivity contribution in [3.8, 4) is 0 Å². The molecule has 4 heterocycles. The number of carbonyl (C=O) groups excluding carboxylic acids is 3. The summed E-state index contributed by atoms with van der Waals surface area (Å²) in [7, 11) is 1.68. The molecule has 4 N–H and O–H groups in total. The Kier molecular flexibility index (Phi) is 12.2. The van der Waals surface area contributed by atoms with Crippen molar-refractivity contribution in [2.24, 2.45) is 10.9 Å². The number of anilines is 6.